The second-order valence-corrected chi connectivity index (χ2v) is 3.72. The molecule has 1 N–H and O–H groups in total. The van der Waals surface area contributed by atoms with Crippen LogP contribution in [0.5, 0.6) is 0 Å². The quantitative estimate of drug-likeness (QED) is 0.578. The van der Waals surface area contributed by atoms with Crippen LogP contribution in [-0.4, -0.2) is 49.6 Å². The van der Waals surface area contributed by atoms with Gasteiger partial charge in [-0.2, -0.15) is 0 Å². The predicted octanol–water partition coefficient (Wildman–Crippen LogP) is 0.411. The van der Waals surface area contributed by atoms with Crippen LogP contribution in [0.2, 0.25) is 0 Å². The van der Waals surface area contributed by atoms with Gasteiger partial charge >= 0.3 is 0 Å². The van der Waals surface area contributed by atoms with Crippen LogP contribution < -0.4 is 0 Å². The maximum Gasteiger partial charge on any atom is 0.134 e. The number of hydrogen-bond donors (Lipinski definition) is 1. The summed E-state index contributed by atoms with van der Waals surface area (Å²) in [5.41, 5.74) is 0. The van der Waals surface area contributed by atoms with Crippen LogP contribution in [0.3, 0.4) is 0 Å². The summed E-state index contributed by atoms with van der Waals surface area (Å²) in [7, 11) is 5.77. The second kappa shape index (κ2) is 3.30. The Labute approximate surface area is 61.9 Å². The van der Waals surface area contributed by atoms with E-state index in [4.69, 9.17) is 5.11 Å². The minimum absolute atomic E-state index is 0.456. The molecular formula is C7H17FNO+. The van der Waals surface area contributed by atoms with Crippen molar-refractivity contribution < 1.29 is 14.0 Å². The molecule has 0 aromatic heterocycles. The first kappa shape index (κ1) is 9.85. The van der Waals surface area contributed by atoms with E-state index in [-0.39, 0.29) is 0 Å². The molecule has 62 valence electrons. The minimum Gasteiger partial charge on any atom is -0.384 e. The highest BCUT2D eigenvalue weighted by Crippen LogP contribution is 2.02. The Morgan fingerprint density at radius 1 is 1.40 bits per heavy atom. The lowest BCUT2D eigenvalue weighted by Crippen LogP contribution is -2.44. The van der Waals surface area contributed by atoms with Gasteiger partial charge in [-0.05, 0) is 6.92 Å². The lowest BCUT2D eigenvalue weighted by Gasteiger charge is -2.27. The van der Waals surface area contributed by atoms with E-state index in [1.54, 1.807) is 0 Å². The number of rotatable bonds is 3. The monoisotopic (exact) mass is 150 g/mol. The van der Waals surface area contributed by atoms with Gasteiger partial charge in [0.2, 0.25) is 0 Å². The smallest absolute Gasteiger partial charge is 0.134 e. The molecule has 2 nitrogen and oxygen atoms in total. The number of likely N-dealkylation sites (N-methyl/N-ethyl adjacent to an activating group) is 1. The van der Waals surface area contributed by atoms with Crippen molar-refractivity contribution >= 4 is 0 Å². The van der Waals surface area contributed by atoms with Crippen LogP contribution >= 0.6 is 0 Å². The number of hydrogen-bond acceptors (Lipinski definition) is 1. The summed E-state index contributed by atoms with van der Waals surface area (Å²) in [6.45, 7) is 1.83. The van der Waals surface area contributed by atoms with Crippen molar-refractivity contribution in [3.63, 3.8) is 0 Å². The topological polar surface area (TPSA) is 20.2 Å². The first-order valence-electron chi connectivity index (χ1n) is 3.45. The van der Waals surface area contributed by atoms with E-state index < -0.39 is 12.3 Å². The van der Waals surface area contributed by atoms with Gasteiger partial charge in [0.05, 0.1) is 21.1 Å². The third-order valence-corrected chi connectivity index (χ3v) is 1.26. The number of alkyl halides is 1. The minimum atomic E-state index is -1.13. The van der Waals surface area contributed by atoms with Crippen LogP contribution in [0.25, 0.3) is 0 Å². The fraction of sp³-hybridized carbons (Fsp3) is 1.00. The molecular weight excluding hydrogens is 133 g/mol. The Kier molecular flexibility index (Phi) is 3.25. The summed E-state index contributed by atoms with van der Waals surface area (Å²) in [5, 5.41) is 9.07. The predicted molar refractivity (Wildman–Crippen MR) is 39.5 cm³/mol. The van der Waals surface area contributed by atoms with Crippen LogP contribution in [0.1, 0.15) is 6.92 Å². The molecule has 0 aromatic carbocycles. The van der Waals surface area contributed by atoms with Gasteiger partial charge in [0.15, 0.2) is 0 Å². The highest BCUT2D eigenvalue weighted by molar-refractivity contribution is 4.59. The molecule has 0 bridgehead atoms. The number of aliphatic hydroxyl groups is 1. The number of nitrogens with zero attached hydrogens (tertiary/aromatic N) is 1. The SMILES string of the molecule is CC(F)C(O)C[N+](C)(C)C. The summed E-state index contributed by atoms with van der Waals surface area (Å²) >= 11 is 0. The van der Waals surface area contributed by atoms with E-state index in [1.165, 1.54) is 6.92 Å². The van der Waals surface area contributed by atoms with Crippen LogP contribution in [0.4, 0.5) is 4.39 Å². The summed E-state index contributed by atoms with van der Waals surface area (Å²) in [6.07, 6.45) is -1.96. The Bertz CT molecular complexity index is 98.3. The zero-order valence-electron chi connectivity index (χ0n) is 7.13. The van der Waals surface area contributed by atoms with Crippen molar-refractivity contribution in [1.82, 2.24) is 0 Å². The molecule has 0 heterocycles. The molecule has 0 rings (SSSR count). The third kappa shape index (κ3) is 4.70. The van der Waals surface area contributed by atoms with Gasteiger partial charge in [0.25, 0.3) is 0 Å². The fourth-order valence-corrected chi connectivity index (χ4v) is 0.706. The van der Waals surface area contributed by atoms with Crippen molar-refractivity contribution in [2.75, 3.05) is 27.7 Å². The van der Waals surface area contributed by atoms with Gasteiger partial charge in [-0.15, -0.1) is 0 Å². The van der Waals surface area contributed by atoms with Gasteiger partial charge in [0, 0.05) is 0 Å². The molecule has 0 saturated carbocycles. The highest BCUT2D eigenvalue weighted by atomic mass is 19.1. The summed E-state index contributed by atoms with van der Waals surface area (Å²) < 4.78 is 13.0. The molecule has 0 aromatic rings. The van der Waals surface area contributed by atoms with Gasteiger partial charge in [-0.3, -0.25) is 0 Å². The lowest BCUT2D eigenvalue weighted by atomic mass is 10.2. The van der Waals surface area contributed by atoms with Crippen LogP contribution in [0, 0.1) is 0 Å². The Morgan fingerprint density at radius 2 is 1.80 bits per heavy atom. The zero-order valence-corrected chi connectivity index (χ0v) is 7.13. The Hall–Kier alpha value is -0.150. The largest absolute Gasteiger partial charge is 0.384 e. The average Bonchev–Trinajstić information content (AvgIpc) is 1.60. The van der Waals surface area contributed by atoms with Crippen molar-refractivity contribution in [2.45, 2.75) is 19.2 Å². The van der Waals surface area contributed by atoms with Crippen LogP contribution in [-0.2, 0) is 0 Å². The normalized spacial score (nSPS) is 18.6. The summed E-state index contributed by atoms with van der Waals surface area (Å²) in [6, 6.07) is 0. The van der Waals surface area contributed by atoms with Gasteiger partial charge in [-0.1, -0.05) is 0 Å². The van der Waals surface area contributed by atoms with Crippen molar-refractivity contribution in [3.8, 4) is 0 Å². The number of halogens is 1. The van der Waals surface area contributed by atoms with E-state index in [0.717, 1.165) is 0 Å². The van der Waals surface area contributed by atoms with E-state index in [9.17, 15) is 4.39 Å². The number of quaternary nitrogens is 1. The molecule has 10 heavy (non-hydrogen) atoms. The van der Waals surface area contributed by atoms with E-state index in [1.807, 2.05) is 21.1 Å². The summed E-state index contributed by atoms with van der Waals surface area (Å²) in [5.74, 6) is 0. The molecule has 2 atom stereocenters. The maximum atomic E-state index is 12.4. The van der Waals surface area contributed by atoms with Gasteiger partial charge in [-0.25, -0.2) is 4.39 Å². The number of aliphatic hydroxyl groups excluding tert-OH is 1. The average molecular weight is 150 g/mol. The van der Waals surface area contributed by atoms with Crippen molar-refractivity contribution in [1.29, 1.82) is 0 Å². The standard InChI is InChI=1S/C7H17FNO/c1-6(8)7(10)5-9(2,3)4/h6-7,10H,5H2,1-4H3/q+1. The molecule has 0 spiro atoms. The van der Waals surface area contributed by atoms with E-state index in [0.29, 0.717) is 11.0 Å². The van der Waals surface area contributed by atoms with Gasteiger partial charge < -0.3 is 9.59 Å². The second-order valence-electron chi connectivity index (χ2n) is 3.72. The molecule has 2 unspecified atom stereocenters. The third-order valence-electron chi connectivity index (χ3n) is 1.26. The molecule has 0 saturated heterocycles. The molecule has 0 amide bonds. The zero-order chi connectivity index (χ0) is 8.36. The molecule has 0 radical (unpaired) electrons. The Morgan fingerprint density at radius 3 is 1.90 bits per heavy atom. The lowest BCUT2D eigenvalue weighted by molar-refractivity contribution is -0.873. The highest BCUT2D eigenvalue weighted by Gasteiger charge is 2.20. The van der Waals surface area contributed by atoms with Crippen molar-refractivity contribution in [3.05, 3.63) is 0 Å². The summed E-state index contributed by atoms with van der Waals surface area (Å²) in [4.78, 5) is 0. The fourth-order valence-electron chi connectivity index (χ4n) is 0.706. The molecule has 0 fully saturated rings. The van der Waals surface area contributed by atoms with E-state index in [2.05, 4.69) is 0 Å². The maximum absolute atomic E-state index is 12.4. The first-order chi connectivity index (χ1) is 4.33. The molecule has 0 aliphatic carbocycles. The van der Waals surface area contributed by atoms with Crippen molar-refractivity contribution in [2.24, 2.45) is 0 Å². The first-order valence-corrected chi connectivity index (χ1v) is 3.45. The van der Waals surface area contributed by atoms with Gasteiger partial charge in [0.1, 0.15) is 18.8 Å². The Balaban J connectivity index is 3.68. The molecule has 0 aliphatic heterocycles. The van der Waals surface area contributed by atoms with E-state index >= 15 is 0 Å². The molecule has 0 aliphatic rings. The molecule has 3 heteroatoms. The van der Waals surface area contributed by atoms with Crippen LogP contribution in [0.15, 0.2) is 0 Å².